The maximum absolute atomic E-state index is 11.3. The van der Waals surface area contributed by atoms with Gasteiger partial charge in [0.25, 0.3) is 0 Å². The molecular weight excluding hydrogens is 380 g/mol. The fourth-order valence-electron chi connectivity index (χ4n) is 4.24. The highest BCUT2D eigenvalue weighted by Crippen LogP contribution is 2.23. The second-order valence-corrected chi connectivity index (χ2v) is 8.11. The number of hydrogen-bond donors (Lipinski definition) is 1. The van der Waals surface area contributed by atoms with E-state index in [1.54, 1.807) is 0 Å². The third-order valence-electron chi connectivity index (χ3n) is 5.87. The van der Waals surface area contributed by atoms with Crippen LogP contribution in [0.4, 0.5) is 0 Å². The molecule has 0 radical (unpaired) electrons. The minimum Gasteiger partial charge on any atom is -0.480 e. The van der Waals surface area contributed by atoms with Crippen LogP contribution in [0.25, 0.3) is 11.3 Å². The van der Waals surface area contributed by atoms with E-state index in [2.05, 4.69) is 22.2 Å². The van der Waals surface area contributed by atoms with E-state index < -0.39 is 12.0 Å². The molecule has 2 saturated heterocycles. The second-order valence-electron chi connectivity index (χ2n) is 8.11. The molecule has 4 rings (SSSR count). The van der Waals surface area contributed by atoms with Gasteiger partial charge in [0.2, 0.25) is 0 Å². The topological polar surface area (TPSA) is 80.5 Å². The highest BCUT2D eigenvalue weighted by atomic mass is 16.5. The number of hydrogen-bond acceptors (Lipinski definition) is 5. The average molecular weight is 409 g/mol. The normalized spacial score (nSPS) is 21.9. The molecule has 2 aliphatic rings. The van der Waals surface area contributed by atoms with Gasteiger partial charge < -0.3 is 9.84 Å². The number of aryl methyl sites for hydroxylation is 1. The van der Waals surface area contributed by atoms with Gasteiger partial charge >= 0.3 is 5.97 Å². The molecule has 30 heavy (non-hydrogen) atoms. The van der Waals surface area contributed by atoms with E-state index in [0.29, 0.717) is 13.0 Å². The molecule has 0 saturated carbocycles. The Labute approximate surface area is 177 Å². The quantitative estimate of drug-likeness (QED) is 0.767. The van der Waals surface area contributed by atoms with Crippen molar-refractivity contribution in [3.63, 3.8) is 0 Å². The van der Waals surface area contributed by atoms with Gasteiger partial charge in [0, 0.05) is 24.3 Å². The first kappa shape index (κ1) is 20.6. The Bertz CT molecular complexity index is 953. The van der Waals surface area contributed by atoms with Crippen molar-refractivity contribution < 1.29 is 14.6 Å². The van der Waals surface area contributed by atoms with Crippen molar-refractivity contribution in [1.29, 1.82) is 0 Å². The molecule has 7 nitrogen and oxygen atoms in total. The monoisotopic (exact) mass is 408 g/mol. The summed E-state index contributed by atoms with van der Waals surface area (Å²) in [5.74, 6) is 5.55. The second kappa shape index (κ2) is 9.41. The van der Waals surface area contributed by atoms with Gasteiger partial charge in [-0.15, -0.1) is 5.10 Å². The first-order chi connectivity index (χ1) is 14.6. The molecule has 0 spiro atoms. The third kappa shape index (κ3) is 4.89. The number of aliphatic carboxylic acids is 1. The Morgan fingerprint density at radius 2 is 2.20 bits per heavy atom. The standard InChI is InChI=1S/C23H28N4O3/c1-17-14-18(6-4-11-26-12-5-8-22(26)23(28)29)9-10-20(17)21-16-27(25-24-21)15-19-7-2-3-13-30-19/h9-10,14,16,19,22H,2-3,5,7-8,11-13,15H2,1H3,(H,28,29). The van der Waals surface area contributed by atoms with E-state index >= 15 is 0 Å². The van der Waals surface area contributed by atoms with Gasteiger partial charge in [-0.25, -0.2) is 4.68 Å². The van der Waals surface area contributed by atoms with Gasteiger partial charge in [-0.3, -0.25) is 9.69 Å². The Hall–Kier alpha value is -2.69. The maximum atomic E-state index is 11.3. The van der Waals surface area contributed by atoms with Crippen molar-refractivity contribution >= 4 is 5.97 Å². The number of likely N-dealkylation sites (tertiary alicyclic amines) is 1. The van der Waals surface area contributed by atoms with Crippen molar-refractivity contribution in [1.82, 2.24) is 19.9 Å². The minimum atomic E-state index is -0.752. The summed E-state index contributed by atoms with van der Waals surface area (Å²) in [7, 11) is 0. The Morgan fingerprint density at radius 3 is 2.97 bits per heavy atom. The van der Waals surface area contributed by atoms with Gasteiger partial charge in [-0.2, -0.15) is 0 Å². The Kier molecular flexibility index (Phi) is 6.46. The molecule has 1 aromatic carbocycles. The van der Waals surface area contributed by atoms with Crippen LogP contribution in [-0.2, 0) is 16.1 Å². The summed E-state index contributed by atoms with van der Waals surface area (Å²) in [6, 6.07) is 5.66. The van der Waals surface area contributed by atoms with Crippen molar-refractivity contribution in [2.24, 2.45) is 0 Å². The van der Waals surface area contributed by atoms with Crippen LogP contribution >= 0.6 is 0 Å². The van der Waals surface area contributed by atoms with E-state index in [4.69, 9.17) is 4.74 Å². The van der Waals surface area contributed by atoms with E-state index in [0.717, 1.165) is 61.3 Å². The lowest BCUT2D eigenvalue weighted by Crippen LogP contribution is -2.36. The molecule has 1 N–H and O–H groups in total. The highest BCUT2D eigenvalue weighted by molar-refractivity contribution is 5.73. The van der Waals surface area contributed by atoms with Gasteiger partial charge in [0.1, 0.15) is 11.7 Å². The molecule has 0 aliphatic carbocycles. The van der Waals surface area contributed by atoms with Crippen LogP contribution in [0.5, 0.6) is 0 Å². The molecule has 2 aromatic rings. The lowest BCUT2D eigenvalue weighted by molar-refractivity contribution is -0.141. The summed E-state index contributed by atoms with van der Waals surface area (Å²) in [5, 5.41) is 17.9. The number of nitrogens with zero attached hydrogens (tertiary/aromatic N) is 4. The third-order valence-corrected chi connectivity index (χ3v) is 5.87. The van der Waals surface area contributed by atoms with Crippen molar-refractivity contribution in [3.8, 4) is 23.1 Å². The number of ether oxygens (including phenoxy) is 1. The first-order valence-electron chi connectivity index (χ1n) is 10.7. The van der Waals surface area contributed by atoms with Gasteiger partial charge in [-0.1, -0.05) is 23.1 Å². The number of aromatic nitrogens is 3. The summed E-state index contributed by atoms with van der Waals surface area (Å²) in [5.41, 5.74) is 3.91. The van der Waals surface area contributed by atoms with Gasteiger partial charge in [0.15, 0.2) is 0 Å². The van der Waals surface area contributed by atoms with E-state index in [9.17, 15) is 9.90 Å². The molecule has 2 atom stereocenters. The lowest BCUT2D eigenvalue weighted by atomic mass is 10.0. The van der Waals surface area contributed by atoms with E-state index in [-0.39, 0.29) is 6.10 Å². The number of benzene rings is 1. The molecule has 2 fully saturated rings. The number of carboxylic acids is 1. The van der Waals surface area contributed by atoms with Crippen molar-refractivity contribution in [3.05, 3.63) is 35.5 Å². The zero-order valence-electron chi connectivity index (χ0n) is 17.4. The predicted molar refractivity (Wildman–Crippen MR) is 113 cm³/mol. The molecule has 2 aliphatic heterocycles. The fourth-order valence-corrected chi connectivity index (χ4v) is 4.24. The largest absolute Gasteiger partial charge is 0.480 e. The molecule has 0 bridgehead atoms. The van der Waals surface area contributed by atoms with Crippen LogP contribution in [0.3, 0.4) is 0 Å². The smallest absolute Gasteiger partial charge is 0.320 e. The minimum absolute atomic E-state index is 0.225. The van der Waals surface area contributed by atoms with Crippen LogP contribution in [0.15, 0.2) is 24.4 Å². The molecule has 1 aromatic heterocycles. The first-order valence-corrected chi connectivity index (χ1v) is 10.7. The van der Waals surface area contributed by atoms with Crippen molar-refractivity contribution in [2.45, 2.75) is 57.7 Å². The van der Waals surface area contributed by atoms with Crippen LogP contribution in [0.2, 0.25) is 0 Å². The summed E-state index contributed by atoms with van der Waals surface area (Å²) in [6.45, 7) is 4.90. The van der Waals surface area contributed by atoms with Gasteiger partial charge in [-0.05, 0) is 56.7 Å². The van der Waals surface area contributed by atoms with Crippen LogP contribution in [-0.4, -0.2) is 62.8 Å². The zero-order valence-corrected chi connectivity index (χ0v) is 17.4. The highest BCUT2D eigenvalue weighted by Gasteiger charge is 2.29. The maximum Gasteiger partial charge on any atom is 0.320 e. The number of carboxylic acid groups (broad SMARTS) is 1. The lowest BCUT2D eigenvalue weighted by Gasteiger charge is -2.21. The fraction of sp³-hybridized carbons (Fsp3) is 0.522. The Balaban J connectivity index is 1.40. The van der Waals surface area contributed by atoms with E-state index in [1.807, 2.05) is 40.9 Å². The number of carbonyl (C=O) groups is 1. The molecule has 0 amide bonds. The Morgan fingerprint density at radius 1 is 1.30 bits per heavy atom. The molecule has 7 heteroatoms. The van der Waals surface area contributed by atoms with Crippen LogP contribution in [0, 0.1) is 18.8 Å². The molecule has 3 heterocycles. The SMILES string of the molecule is Cc1cc(C#CCN2CCCC2C(=O)O)ccc1-c1cn(CC2CCCCO2)nn1. The number of rotatable bonds is 5. The van der Waals surface area contributed by atoms with Crippen LogP contribution in [0.1, 0.15) is 43.2 Å². The summed E-state index contributed by atoms with van der Waals surface area (Å²) in [6.07, 6.45) is 7.26. The molecule has 2 unspecified atom stereocenters. The molecular formula is C23H28N4O3. The van der Waals surface area contributed by atoms with Crippen molar-refractivity contribution in [2.75, 3.05) is 19.7 Å². The summed E-state index contributed by atoms with van der Waals surface area (Å²) < 4.78 is 7.66. The summed E-state index contributed by atoms with van der Waals surface area (Å²) >= 11 is 0. The van der Waals surface area contributed by atoms with Crippen LogP contribution < -0.4 is 0 Å². The average Bonchev–Trinajstić information content (AvgIpc) is 3.39. The summed E-state index contributed by atoms with van der Waals surface area (Å²) in [4.78, 5) is 13.2. The van der Waals surface area contributed by atoms with E-state index in [1.165, 1.54) is 6.42 Å². The molecule has 158 valence electrons. The predicted octanol–water partition coefficient (Wildman–Crippen LogP) is 2.72. The zero-order chi connectivity index (χ0) is 20.9. The van der Waals surface area contributed by atoms with Gasteiger partial charge in [0.05, 0.1) is 25.4 Å².